The molecule has 3 nitrogen and oxygen atoms in total. The Labute approximate surface area is 109 Å². The molecule has 0 fully saturated rings. The molecule has 0 unspecified atom stereocenters. The number of aromatic nitrogens is 1. The second kappa shape index (κ2) is 7.80. The average Bonchev–Trinajstić information content (AvgIpc) is 2.73. The molecule has 4 heteroatoms. The fraction of sp³-hybridized carbons (Fsp3) is 0.769. The predicted octanol–water partition coefficient (Wildman–Crippen LogP) is 2.87. The van der Waals surface area contributed by atoms with E-state index in [1.807, 2.05) is 0 Å². The van der Waals surface area contributed by atoms with Crippen LogP contribution >= 0.6 is 11.3 Å². The Morgan fingerprint density at radius 1 is 1.41 bits per heavy atom. The van der Waals surface area contributed by atoms with Crippen molar-refractivity contribution < 1.29 is 0 Å². The molecule has 0 radical (unpaired) electrons. The van der Waals surface area contributed by atoms with Gasteiger partial charge in [-0.2, -0.15) is 0 Å². The third-order valence-electron chi connectivity index (χ3n) is 2.63. The summed E-state index contributed by atoms with van der Waals surface area (Å²) in [6.07, 6.45) is 1.21. The maximum absolute atomic E-state index is 4.67. The summed E-state index contributed by atoms with van der Waals surface area (Å²) in [5, 5.41) is 6.79. The standard InChI is InChI=1S/C13H25N3S/c1-5-7-16(6-2)9-12-10-17-13(15-12)8-14-11(3)4/h10-11,14H,5-9H2,1-4H3. The smallest absolute Gasteiger partial charge is 0.107 e. The van der Waals surface area contributed by atoms with Crippen molar-refractivity contribution in [2.75, 3.05) is 13.1 Å². The first-order valence-electron chi connectivity index (χ1n) is 6.54. The van der Waals surface area contributed by atoms with Crippen LogP contribution in [-0.2, 0) is 13.1 Å². The lowest BCUT2D eigenvalue weighted by Gasteiger charge is -2.17. The molecule has 1 N–H and O–H groups in total. The van der Waals surface area contributed by atoms with Gasteiger partial charge in [0.15, 0.2) is 0 Å². The van der Waals surface area contributed by atoms with Gasteiger partial charge in [-0.05, 0) is 19.5 Å². The van der Waals surface area contributed by atoms with Crippen LogP contribution in [-0.4, -0.2) is 29.0 Å². The zero-order valence-electron chi connectivity index (χ0n) is 11.5. The molecule has 0 bridgehead atoms. The van der Waals surface area contributed by atoms with Gasteiger partial charge in [0.05, 0.1) is 5.69 Å². The Morgan fingerprint density at radius 2 is 2.18 bits per heavy atom. The van der Waals surface area contributed by atoms with Crippen molar-refractivity contribution in [2.45, 2.75) is 53.2 Å². The van der Waals surface area contributed by atoms with Crippen molar-refractivity contribution in [1.29, 1.82) is 0 Å². The second-order valence-corrected chi connectivity index (χ2v) is 5.58. The minimum atomic E-state index is 0.523. The number of hydrogen-bond acceptors (Lipinski definition) is 4. The fourth-order valence-electron chi connectivity index (χ4n) is 1.69. The molecular formula is C13H25N3S. The van der Waals surface area contributed by atoms with Crippen molar-refractivity contribution in [1.82, 2.24) is 15.2 Å². The van der Waals surface area contributed by atoms with E-state index in [1.54, 1.807) is 11.3 Å². The molecule has 98 valence electrons. The molecule has 0 saturated heterocycles. The Kier molecular flexibility index (Phi) is 6.70. The van der Waals surface area contributed by atoms with Gasteiger partial charge in [0.1, 0.15) is 5.01 Å². The highest BCUT2D eigenvalue weighted by molar-refractivity contribution is 7.09. The molecule has 0 aromatic carbocycles. The average molecular weight is 255 g/mol. The zero-order valence-corrected chi connectivity index (χ0v) is 12.3. The van der Waals surface area contributed by atoms with Crippen molar-refractivity contribution in [2.24, 2.45) is 0 Å². The largest absolute Gasteiger partial charge is 0.308 e. The molecule has 1 aromatic rings. The van der Waals surface area contributed by atoms with Crippen LogP contribution in [0, 0.1) is 0 Å². The SMILES string of the molecule is CCCN(CC)Cc1csc(CNC(C)C)n1. The molecule has 0 amide bonds. The van der Waals surface area contributed by atoms with Gasteiger partial charge in [0.2, 0.25) is 0 Å². The summed E-state index contributed by atoms with van der Waals surface area (Å²) in [4.78, 5) is 7.11. The lowest BCUT2D eigenvalue weighted by Crippen LogP contribution is -2.24. The van der Waals surface area contributed by atoms with E-state index in [0.717, 1.165) is 26.2 Å². The summed E-state index contributed by atoms with van der Waals surface area (Å²) < 4.78 is 0. The Bertz CT molecular complexity index is 309. The summed E-state index contributed by atoms with van der Waals surface area (Å²) in [6.45, 7) is 12.9. The summed E-state index contributed by atoms with van der Waals surface area (Å²) >= 11 is 1.76. The first-order chi connectivity index (χ1) is 8.15. The molecule has 1 aromatic heterocycles. The number of hydrogen-bond donors (Lipinski definition) is 1. The summed E-state index contributed by atoms with van der Waals surface area (Å²) in [5.74, 6) is 0. The molecule has 0 aliphatic heterocycles. The van der Waals surface area contributed by atoms with Crippen LogP contribution < -0.4 is 5.32 Å². The zero-order chi connectivity index (χ0) is 12.7. The maximum Gasteiger partial charge on any atom is 0.107 e. The van der Waals surface area contributed by atoms with Gasteiger partial charge in [0.25, 0.3) is 0 Å². The molecule has 0 saturated carbocycles. The molecule has 1 heterocycles. The minimum absolute atomic E-state index is 0.523. The quantitative estimate of drug-likeness (QED) is 0.774. The Morgan fingerprint density at radius 3 is 2.76 bits per heavy atom. The third-order valence-corrected chi connectivity index (χ3v) is 3.53. The van der Waals surface area contributed by atoms with Crippen LogP contribution in [0.2, 0.25) is 0 Å². The van der Waals surface area contributed by atoms with Crippen LogP contribution in [0.4, 0.5) is 0 Å². The molecule has 1 rings (SSSR count). The van der Waals surface area contributed by atoms with E-state index in [1.165, 1.54) is 17.1 Å². The molecule has 0 spiro atoms. The van der Waals surface area contributed by atoms with Gasteiger partial charge >= 0.3 is 0 Å². The normalized spacial score (nSPS) is 11.6. The maximum atomic E-state index is 4.67. The van der Waals surface area contributed by atoms with Crippen molar-refractivity contribution in [3.63, 3.8) is 0 Å². The minimum Gasteiger partial charge on any atom is -0.308 e. The van der Waals surface area contributed by atoms with Crippen LogP contribution in [0.1, 0.15) is 44.8 Å². The predicted molar refractivity (Wildman–Crippen MR) is 75.3 cm³/mol. The van der Waals surface area contributed by atoms with Crippen LogP contribution in [0.5, 0.6) is 0 Å². The highest BCUT2D eigenvalue weighted by atomic mass is 32.1. The molecule has 17 heavy (non-hydrogen) atoms. The lowest BCUT2D eigenvalue weighted by molar-refractivity contribution is 0.277. The first kappa shape index (κ1) is 14.6. The highest BCUT2D eigenvalue weighted by Gasteiger charge is 2.06. The van der Waals surface area contributed by atoms with Crippen molar-refractivity contribution in [3.8, 4) is 0 Å². The molecular weight excluding hydrogens is 230 g/mol. The molecule has 0 atom stereocenters. The van der Waals surface area contributed by atoms with Crippen molar-refractivity contribution >= 4 is 11.3 Å². The monoisotopic (exact) mass is 255 g/mol. The molecule has 0 aliphatic carbocycles. The van der Waals surface area contributed by atoms with Crippen LogP contribution in [0.25, 0.3) is 0 Å². The Hall–Kier alpha value is -0.450. The van der Waals surface area contributed by atoms with Gasteiger partial charge in [-0.3, -0.25) is 4.90 Å². The van der Waals surface area contributed by atoms with Crippen LogP contribution in [0.3, 0.4) is 0 Å². The number of nitrogens with one attached hydrogen (secondary N) is 1. The fourth-order valence-corrected chi connectivity index (χ4v) is 2.42. The second-order valence-electron chi connectivity index (χ2n) is 4.64. The van der Waals surface area contributed by atoms with E-state index in [2.05, 4.69) is 48.3 Å². The highest BCUT2D eigenvalue weighted by Crippen LogP contribution is 2.12. The first-order valence-corrected chi connectivity index (χ1v) is 7.42. The third kappa shape index (κ3) is 5.61. The van der Waals surface area contributed by atoms with Gasteiger partial charge in [0, 0.05) is 24.5 Å². The van der Waals surface area contributed by atoms with E-state index in [4.69, 9.17) is 0 Å². The summed E-state index contributed by atoms with van der Waals surface area (Å²) in [7, 11) is 0. The number of nitrogens with zero attached hydrogens (tertiary/aromatic N) is 2. The summed E-state index contributed by atoms with van der Waals surface area (Å²) in [5.41, 5.74) is 1.21. The number of thiazole rings is 1. The van der Waals surface area contributed by atoms with E-state index in [9.17, 15) is 0 Å². The van der Waals surface area contributed by atoms with E-state index >= 15 is 0 Å². The molecule has 0 aliphatic rings. The van der Waals surface area contributed by atoms with Gasteiger partial charge in [-0.1, -0.05) is 27.7 Å². The lowest BCUT2D eigenvalue weighted by atomic mass is 10.3. The van der Waals surface area contributed by atoms with E-state index in [0.29, 0.717) is 6.04 Å². The van der Waals surface area contributed by atoms with Gasteiger partial charge in [-0.25, -0.2) is 4.98 Å². The summed E-state index contributed by atoms with van der Waals surface area (Å²) in [6, 6.07) is 0.523. The topological polar surface area (TPSA) is 28.2 Å². The van der Waals surface area contributed by atoms with Gasteiger partial charge in [-0.15, -0.1) is 11.3 Å². The van der Waals surface area contributed by atoms with Gasteiger partial charge < -0.3 is 5.32 Å². The van der Waals surface area contributed by atoms with E-state index < -0.39 is 0 Å². The van der Waals surface area contributed by atoms with Crippen molar-refractivity contribution in [3.05, 3.63) is 16.1 Å². The van der Waals surface area contributed by atoms with E-state index in [-0.39, 0.29) is 0 Å². The number of rotatable bonds is 8. The Balaban J connectivity index is 2.44. The van der Waals surface area contributed by atoms with Crippen LogP contribution in [0.15, 0.2) is 5.38 Å².